The lowest BCUT2D eigenvalue weighted by Gasteiger charge is -2.41. The Bertz CT molecular complexity index is 1470. The molecule has 2 fully saturated rings. The molecule has 2 aromatic heterocycles. The van der Waals surface area contributed by atoms with Crippen LogP contribution >= 0.6 is 11.8 Å². The summed E-state index contributed by atoms with van der Waals surface area (Å²) in [5.41, 5.74) is 2.97. The number of halogens is 3. The van der Waals surface area contributed by atoms with Gasteiger partial charge in [0.2, 0.25) is 0 Å². The topological polar surface area (TPSA) is 78.9 Å². The van der Waals surface area contributed by atoms with Gasteiger partial charge in [0.15, 0.2) is 0 Å². The summed E-state index contributed by atoms with van der Waals surface area (Å²) < 4.78 is 43.0. The van der Waals surface area contributed by atoms with Crippen molar-refractivity contribution in [2.45, 2.75) is 94.8 Å². The molecule has 0 saturated heterocycles. The number of carbonyl (C=O) groups excluding carboxylic acids is 1. The van der Waals surface area contributed by atoms with Gasteiger partial charge in [-0.05, 0) is 82.9 Å². The number of nitrogens with one attached hydrogen (secondary N) is 3. The van der Waals surface area contributed by atoms with Crippen LogP contribution in [-0.4, -0.2) is 39.7 Å². The number of rotatable bonds is 8. The Balaban J connectivity index is 1.35. The summed E-state index contributed by atoms with van der Waals surface area (Å²) in [4.78, 5) is 29.7. The molecule has 2 heterocycles. The number of pyridine rings is 1. The van der Waals surface area contributed by atoms with Crippen molar-refractivity contribution < 1.29 is 18.0 Å². The van der Waals surface area contributed by atoms with Crippen molar-refractivity contribution in [1.29, 1.82) is 0 Å². The van der Waals surface area contributed by atoms with E-state index in [1.807, 2.05) is 26.2 Å². The van der Waals surface area contributed by atoms with E-state index in [1.165, 1.54) is 23.9 Å². The summed E-state index contributed by atoms with van der Waals surface area (Å²) in [5.74, 6) is -2.95. The Morgan fingerprint density at radius 2 is 1.85 bits per heavy atom. The Labute approximate surface area is 236 Å². The molecule has 2 aliphatic rings. The van der Waals surface area contributed by atoms with Crippen molar-refractivity contribution in [3.05, 3.63) is 63.0 Å². The predicted octanol–water partition coefficient (Wildman–Crippen LogP) is 6.24. The number of aromatic nitrogens is 2. The zero-order valence-electron chi connectivity index (χ0n) is 23.4. The maximum atomic E-state index is 14.4. The minimum absolute atomic E-state index is 0.0611. The third-order valence-corrected chi connectivity index (χ3v) is 9.54. The molecular formula is C30H37F3N4O2S. The summed E-state index contributed by atoms with van der Waals surface area (Å²) in [6.07, 6.45) is 5.46. The van der Waals surface area contributed by atoms with Crippen molar-refractivity contribution in [3.63, 3.8) is 0 Å². The van der Waals surface area contributed by atoms with E-state index in [9.17, 15) is 22.8 Å². The Morgan fingerprint density at radius 3 is 2.50 bits per heavy atom. The van der Waals surface area contributed by atoms with Crippen LogP contribution in [0.5, 0.6) is 0 Å². The fourth-order valence-corrected chi connectivity index (χ4v) is 7.32. The molecule has 5 rings (SSSR count). The van der Waals surface area contributed by atoms with E-state index >= 15 is 0 Å². The van der Waals surface area contributed by atoms with Crippen molar-refractivity contribution in [2.75, 3.05) is 6.26 Å². The van der Waals surface area contributed by atoms with Crippen LogP contribution in [0.2, 0.25) is 0 Å². The van der Waals surface area contributed by atoms with E-state index in [-0.39, 0.29) is 49.0 Å². The van der Waals surface area contributed by atoms with Crippen LogP contribution in [0.25, 0.3) is 10.9 Å². The van der Waals surface area contributed by atoms with Gasteiger partial charge in [0.1, 0.15) is 5.82 Å². The van der Waals surface area contributed by atoms with Gasteiger partial charge in [0.05, 0.1) is 5.56 Å². The standard InChI is InChI=1S/C30H37F3N4O2S/c1-16-11-26(40-4)24(28(38)35-16)15-34-29(39)27-18(3)37(25-10-7-20(31)12-23(25)27)17(2)19-5-8-21(9-6-19)36-22-13-30(32,33)14-22/h7,10-12,17,19,21-22,36H,5-6,8-9,13-15H2,1-4H3,(H,34,39)(H,35,38)/t17-,19?,21?/m1/s1. The van der Waals surface area contributed by atoms with E-state index < -0.39 is 11.7 Å². The Hall–Kier alpha value is -2.72. The van der Waals surface area contributed by atoms with E-state index in [4.69, 9.17) is 0 Å². The van der Waals surface area contributed by atoms with Crippen LogP contribution in [0.4, 0.5) is 13.2 Å². The zero-order valence-corrected chi connectivity index (χ0v) is 24.2. The monoisotopic (exact) mass is 574 g/mol. The molecule has 1 amide bonds. The molecule has 1 atom stereocenters. The number of benzene rings is 1. The van der Waals surface area contributed by atoms with Gasteiger partial charge in [0, 0.05) is 70.3 Å². The molecular weight excluding hydrogens is 537 g/mol. The van der Waals surface area contributed by atoms with Crippen molar-refractivity contribution in [3.8, 4) is 0 Å². The summed E-state index contributed by atoms with van der Waals surface area (Å²) >= 11 is 1.45. The lowest BCUT2D eigenvalue weighted by atomic mass is 9.80. The average Bonchev–Trinajstić information content (AvgIpc) is 3.17. The molecule has 2 aliphatic carbocycles. The summed E-state index contributed by atoms with van der Waals surface area (Å²) in [6.45, 7) is 5.90. The largest absolute Gasteiger partial charge is 0.348 e. The van der Waals surface area contributed by atoms with Crippen LogP contribution in [-0.2, 0) is 6.54 Å². The fraction of sp³-hybridized carbons (Fsp3) is 0.533. The van der Waals surface area contributed by atoms with Gasteiger partial charge < -0.3 is 20.2 Å². The highest BCUT2D eigenvalue weighted by Gasteiger charge is 2.46. The third-order valence-electron chi connectivity index (χ3n) is 8.74. The molecule has 40 heavy (non-hydrogen) atoms. The Morgan fingerprint density at radius 1 is 1.15 bits per heavy atom. The van der Waals surface area contributed by atoms with Gasteiger partial charge in [-0.15, -0.1) is 11.8 Å². The number of aryl methyl sites for hydroxylation is 1. The van der Waals surface area contributed by atoms with Gasteiger partial charge in [-0.2, -0.15) is 0 Å². The number of alkyl halides is 2. The van der Waals surface area contributed by atoms with Gasteiger partial charge in [-0.3, -0.25) is 9.59 Å². The van der Waals surface area contributed by atoms with Crippen LogP contribution in [0.15, 0.2) is 34.0 Å². The molecule has 3 N–H and O–H groups in total. The molecule has 1 aromatic carbocycles. The number of hydrogen-bond acceptors (Lipinski definition) is 4. The van der Waals surface area contributed by atoms with E-state index in [1.54, 1.807) is 6.07 Å². The van der Waals surface area contributed by atoms with E-state index in [0.29, 0.717) is 22.4 Å². The summed E-state index contributed by atoms with van der Waals surface area (Å²) in [7, 11) is 0. The van der Waals surface area contributed by atoms with Crippen LogP contribution < -0.4 is 16.2 Å². The lowest BCUT2D eigenvalue weighted by molar-refractivity contribution is -0.0957. The van der Waals surface area contributed by atoms with Gasteiger partial charge in [-0.25, -0.2) is 13.2 Å². The van der Waals surface area contributed by atoms with E-state index in [0.717, 1.165) is 47.5 Å². The number of fused-ring (bicyclic) bond motifs is 1. The second kappa shape index (κ2) is 11.3. The normalized spacial score (nSPS) is 21.8. The second-order valence-corrected chi connectivity index (χ2v) is 12.3. The van der Waals surface area contributed by atoms with Crippen molar-refractivity contribution in [1.82, 2.24) is 20.2 Å². The SMILES string of the molecule is CSc1cc(C)[nH]c(=O)c1CNC(=O)c1c(C)n([C@H](C)C2CCC(NC3CC(F)(F)C3)CC2)c2ccc(F)cc12. The van der Waals surface area contributed by atoms with Gasteiger partial charge >= 0.3 is 0 Å². The molecule has 0 aliphatic heterocycles. The molecule has 2 saturated carbocycles. The molecule has 0 radical (unpaired) electrons. The second-order valence-electron chi connectivity index (χ2n) is 11.5. The van der Waals surface area contributed by atoms with Crippen molar-refractivity contribution in [2.24, 2.45) is 5.92 Å². The number of H-pyrrole nitrogens is 1. The first-order valence-electron chi connectivity index (χ1n) is 14.0. The third kappa shape index (κ3) is 5.70. The molecule has 0 unspecified atom stereocenters. The first-order valence-corrected chi connectivity index (χ1v) is 15.2. The number of hydrogen-bond donors (Lipinski definition) is 3. The number of aromatic amines is 1. The highest BCUT2D eigenvalue weighted by Crippen LogP contribution is 2.41. The van der Waals surface area contributed by atoms with Crippen LogP contribution in [0.3, 0.4) is 0 Å². The minimum Gasteiger partial charge on any atom is -0.348 e. The number of amides is 1. The first-order chi connectivity index (χ1) is 19.0. The number of carbonyl (C=O) groups is 1. The zero-order chi connectivity index (χ0) is 28.8. The van der Waals surface area contributed by atoms with Gasteiger partial charge in [-0.1, -0.05) is 0 Å². The van der Waals surface area contributed by atoms with E-state index in [2.05, 4.69) is 27.1 Å². The molecule has 6 nitrogen and oxygen atoms in total. The summed E-state index contributed by atoms with van der Waals surface area (Å²) in [5, 5.41) is 6.86. The molecule has 216 valence electrons. The Kier molecular flexibility index (Phi) is 8.12. The maximum absolute atomic E-state index is 14.4. The number of thioether (sulfide) groups is 1. The fourth-order valence-electron chi connectivity index (χ4n) is 6.61. The highest BCUT2D eigenvalue weighted by atomic mass is 32.2. The maximum Gasteiger partial charge on any atom is 0.254 e. The molecule has 3 aromatic rings. The van der Waals surface area contributed by atoms with Gasteiger partial charge in [0.25, 0.3) is 17.4 Å². The molecule has 0 bridgehead atoms. The summed E-state index contributed by atoms with van der Waals surface area (Å²) in [6, 6.07) is 6.65. The smallest absolute Gasteiger partial charge is 0.254 e. The minimum atomic E-state index is -2.52. The van der Waals surface area contributed by atoms with Crippen molar-refractivity contribution >= 4 is 28.6 Å². The highest BCUT2D eigenvalue weighted by molar-refractivity contribution is 7.98. The predicted molar refractivity (Wildman–Crippen MR) is 153 cm³/mol. The quantitative estimate of drug-likeness (QED) is 0.278. The molecule has 10 heteroatoms. The van der Waals surface area contributed by atoms with Crippen LogP contribution in [0.1, 0.15) is 78.8 Å². The average molecular weight is 575 g/mol. The van der Waals surface area contributed by atoms with Crippen LogP contribution in [0, 0.1) is 25.6 Å². The first kappa shape index (κ1) is 28.8. The molecule has 0 spiro atoms. The lowest BCUT2D eigenvalue weighted by Crippen LogP contribution is -2.52. The number of nitrogens with zero attached hydrogens (tertiary/aromatic N) is 1.